The van der Waals surface area contributed by atoms with Crippen molar-refractivity contribution in [3.8, 4) is 0 Å². The highest BCUT2D eigenvalue weighted by atomic mass is 32.2. The molecule has 0 N–H and O–H groups in total. The third-order valence-electron chi connectivity index (χ3n) is 6.07. The van der Waals surface area contributed by atoms with Crippen molar-refractivity contribution in [1.82, 2.24) is 18.8 Å². The Morgan fingerprint density at radius 3 is 2.37 bits per heavy atom. The molecule has 0 bridgehead atoms. The Bertz CT molecular complexity index is 1030. The van der Waals surface area contributed by atoms with Crippen molar-refractivity contribution in [2.45, 2.75) is 63.9 Å². The van der Waals surface area contributed by atoms with E-state index in [2.05, 4.69) is 4.98 Å². The molecule has 1 aromatic carbocycles. The van der Waals surface area contributed by atoms with Gasteiger partial charge in [0, 0.05) is 32.4 Å². The molecular formula is C22H30N4O3S. The zero-order valence-corrected chi connectivity index (χ0v) is 18.8. The summed E-state index contributed by atoms with van der Waals surface area (Å²) in [6, 6.07) is 5.03. The van der Waals surface area contributed by atoms with Crippen molar-refractivity contribution in [2.75, 3.05) is 19.6 Å². The van der Waals surface area contributed by atoms with Crippen LogP contribution >= 0.6 is 0 Å². The van der Waals surface area contributed by atoms with E-state index in [1.807, 2.05) is 42.5 Å². The lowest BCUT2D eigenvalue weighted by Crippen LogP contribution is -2.41. The van der Waals surface area contributed by atoms with Gasteiger partial charge in [-0.15, -0.1) is 0 Å². The number of aryl methyl sites for hydroxylation is 2. The predicted molar refractivity (Wildman–Crippen MR) is 115 cm³/mol. The standard InChI is InChI=1S/C22H30N4O3S/c1-16-11-17(2)13-20(12-16)30(28,29)26-10-9-25-15-19(23-22(25)18(26)3)14-21(27)24-7-5-4-6-8-24/h11-13,15,18H,4-10,14H2,1-3H3/t18-/m0/s1. The second-order valence-electron chi connectivity index (χ2n) is 8.52. The maximum absolute atomic E-state index is 13.3. The summed E-state index contributed by atoms with van der Waals surface area (Å²) in [6.45, 7) is 8.26. The molecule has 2 aromatic rings. The Balaban J connectivity index is 1.55. The highest BCUT2D eigenvalue weighted by Crippen LogP contribution is 2.31. The number of likely N-dealkylation sites (tertiary alicyclic amines) is 1. The number of imidazole rings is 1. The van der Waals surface area contributed by atoms with Gasteiger partial charge in [-0.05, 0) is 63.3 Å². The number of nitrogens with zero attached hydrogens (tertiary/aromatic N) is 4. The number of hydrogen-bond acceptors (Lipinski definition) is 4. The van der Waals surface area contributed by atoms with Crippen molar-refractivity contribution in [1.29, 1.82) is 0 Å². The van der Waals surface area contributed by atoms with Crippen molar-refractivity contribution in [3.05, 3.63) is 47.0 Å². The molecular weight excluding hydrogens is 400 g/mol. The van der Waals surface area contributed by atoms with Crippen molar-refractivity contribution < 1.29 is 13.2 Å². The predicted octanol–water partition coefficient (Wildman–Crippen LogP) is 2.82. The Morgan fingerprint density at radius 2 is 1.70 bits per heavy atom. The largest absolute Gasteiger partial charge is 0.342 e. The second kappa shape index (κ2) is 8.15. The molecule has 2 aliphatic heterocycles. The number of sulfonamides is 1. The molecule has 30 heavy (non-hydrogen) atoms. The Hall–Kier alpha value is -2.19. The first-order valence-electron chi connectivity index (χ1n) is 10.7. The number of rotatable bonds is 4. The van der Waals surface area contributed by atoms with Crippen LogP contribution in [0.4, 0.5) is 0 Å². The van der Waals surface area contributed by atoms with E-state index in [0.717, 1.165) is 42.8 Å². The third-order valence-corrected chi connectivity index (χ3v) is 8.01. The Morgan fingerprint density at radius 1 is 1.03 bits per heavy atom. The van der Waals surface area contributed by atoms with Gasteiger partial charge >= 0.3 is 0 Å². The van der Waals surface area contributed by atoms with Gasteiger partial charge in [0.05, 0.1) is 23.1 Å². The van der Waals surface area contributed by atoms with Gasteiger partial charge in [0.2, 0.25) is 15.9 Å². The van der Waals surface area contributed by atoms with Gasteiger partial charge in [-0.2, -0.15) is 4.31 Å². The van der Waals surface area contributed by atoms with Crippen molar-refractivity contribution in [3.63, 3.8) is 0 Å². The first-order valence-corrected chi connectivity index (χ1v) is 12.1. The second-order valence-corrected chi connectivity index (χ2v) is 10.4. The number of aromatic nitrogens is 2. The van der Waals surface area contributed by atoms with Crippen LogP contribution in [0.3, 0.4) is 0 Å². The van der Waals surface area contributed by atoms with Crippen LogP contribution in [0.25, 0.3) is 0 Å². The van der Waals surface area contributed by atoms with Crippen LogP contribution in [-0.2, 0) is 27.8 Å². The van der Waals surface area contributed by atoms with Gasteiger partial charge in [-0.25, -0.2) is 13.4 Å². The number of hydrogen-bond donors (Lipinski definition) is 0. The lowest BCUT2D eigenvalue weighted by atomic mass is 10.1. The van der Waals surface area contributed by atoms with Crippen LogP contribution in [0, 0.1) is 13.8 Å². The zero-order chi connectivity index (χ0) is 21.5. The van der Waals surface area contributed by atoms with Crippen molar-refractivity contribution >= 4 is 15.9 Å². The zero-order valence-electron chi connectivity index (χ0n) is 18.0. The molecule has 162 valence electrons. The molecule has 2 aliphatic rings. The van der Waals surface area contributed by atoms with E-state index >= 15 is 0 Å². The van der Waals surface area contributed by atoms with Gasteiger partial charge < -0.3 is 9.47 Å². The highest BCUT2D eigenvalue weighted by Gasteiger charge is 2.36. The molecule has 0 unspecified atom stereocenters. The van der Waals surface area contributed by atoms with Crippen molar-refractivity contribution in [2.24, 2.45) is 0 Å². The number of fused-ring (bicyclic) bond motifs is 1. The van der Waals surface area contributed by atoms with E-state index in [-0.39, 0.29) is 18.4 Å². The lowest BCUT2D eigenvalue weighted by Gasteiger charge is -2.32. The molecule has 1 saturated heterocycles. The van der Waals surface area contributed by atoms with Crippen LogP contribution in [0.2, 0.25) is 0 Å². The summed E-state index contributed by atoms with van der Waals surface area (Å²) >= 11 is 0. The van der Waals surface area contributed by atoms with Gasteiger partial charge in [-0.3, -0.25) is 4.79 Å². The van der Waals surface area contributed by atoms with Gasteiger partial charge in [0.1, 0.15) is 5.82 Å². The molecule has 7 nitrogen and oxygen atoms in total. The minimum absolute atomic E-state index is 0.109. The summed E-state index contributed by atoms with van der Waals surface area (Å²) in [4.78, 5) is 19.5. The van der Waals surface area contributed by atoms with E-state index in [4.69, 9.17) is 0 Å². The average molecular weight is 431 g/mol. The Labute approximate surface area is 178 Å². The summed E-state index contributed by atoms with van der Waals surface area (Å²) in [5, 5.41) is 0. The highest BCUT2D eigenvalue weighted by molar-refractivity contribution is 7.89. The number of piperidine rings is 1. The van der Waals surface area contributed by atoms with E-state index in [1.165, 1.54) is 10.7 Å². The lowest BCUT2D eigenvalue weighted by molar-refractivity contribution is -0.131. The number of carbonyl (C=O) groups is 1. The molecule has 0 spiro atoms. The molecule has 0 saturated carbocycles. The van der Waals surface area contributed by atoms with Gasteiger partial charge in [-0.1, -0.05) is 6.07 Å². The minimum atomic E-state index is -3.63. The van der Waals surface area contributed by atoms with Crippen LogP contribution in [0.15, 0.2) is 29.3 Å². The fourth-order valence-electron chi connectivity index (χ4n) is 4.57. The maximum atomic E-state index is 13.3. The van der Waals surface area contributed by atoms with Crippen LogP contribution in [0.5, 0.6) is 0 Å². The summed E-state index contributed by atoms with van der Waals surface area (Å²) in [5.41, 5.74) is 2.58. The molecule has 8 heteroatoms. The molecule has 1 atom stereocenters. The summed E-state index contributed by atoms with van der Waals surface area (Å²) in [7, 11) is -3.63. The number of carbonyl (C=O) groups excluding carboxylic acids is 1. The van der Waals surface area contributed by atoms with Crippen LogP contribution in [-0.4, -0.2) is 52.7 Å². The molecule has 4 rings (SSSR count). The summed E-state index contributed by atoms with van der Waals surface area (Å²) < 4.78 is 30.2. The fraction of sp³-hybridized carbons (Fsp3) is 0.545. The van der Waals surface area contributed by atoms with Gasteiger partial charge in [0.25, 0.3) is 0 Å². The van der Waals surface area contributed by atoms with E-state index in [0.29, 0.717) is 23.8 Å². The Kier molecular flexibility index (Phi) is 5.72. The average Bonchev–Trinajstić information content (AvgIpc) is 3.11. The molecule has 3 heterocycles. The topological polar surface area (TPSA) is 75.5 Å². The monoisotopic (exact) mass is 430 g/mol. The van der Waals surface area contributed by atoms with Gasteiger partial charge in [0.15, 0.2) is 0 Å². The number of benzene rings is 1. The quantitative estimate of drug-likeness (QED) is 0.748. The first kappa shape index (κ1) is 21.1. The smallest absolute Gasteiger partial charge is 0.243 e. The molecule has 1 amide bonds. The van der Waals surface area contributed by atoms with E-state index < -0.39 is 10.0 Å². The molecule has 1 aromatic heterocycles. The molecule has 0 aliphatic carbocycles. The maximum Gasteiger partial charge on any atom is 0.243 e. The SMILES string of the molecule is Cc1cc(C)cc(S(=O)(=O)N2CCn3cc(CC(=O)N4CCCCC4)nc3[C@@H]2C)c1. The fourth-order valence-corrected chi connectivity index (χ4v) is 6.34. The first-order chi connectivity index (χ1) is 14.3. The third kappa shape index (κ3) is 4.03. The van der Waals surface area contributed by atoms with E-state index in [1.54, 1.807) is 12.1 Å². The minimum Gasteiger partial charge on any atom is -0.342 e. The molecule has 0 radical (unpaired) electrons. The van der Waals surface area contributed by atoms with E-state index in [9.17, 15) is 13.2 Å². The van der Waals surface area contributed by atoms with Crippen LogP contribution in [0.1, 0.15) is 54.9 Å². The normalized spacial score (nSPS) is 20.2. The van der Waals surface area contributed by atoms with Crippen LogP contribution < -0.4 is 0 Å². The molecule has 1 fully saturated rings. The summed E-state index contributed by atoms with van der Waals surface area (Å²) in [6.07, 6.45) is 5.50. The summed E-state index contributed by atoms with van der Waals surface area (Å²) in [5.74, 6) is 0.813. The number of amides is 1.